The highest BCUT2D eigenvalue weighted by Crippen LogP contribution is 2.24. The fraction of sp³-hybridized carbons (Fsp3) is 0.222. The van der Waals surface area contributed by atoms with Crippen molar-refractivity contribution in [2.45, 2.75) is 24.0 Å². The van der Waals surface area contributed by atoms with Crippen molar-refractivity contribution in [1.29, 1.82) is 0 Å². The number of halogens is 2. The van der Waals surface area contributed by atoms with E-state index in [4.69, 9.17) is 11.6 Å². The standard InChI is InChI=1S/C18H18BrClN2O2S/c1-11-9-13(19)3-8-16(11)22-17(23)10-21-18(24)12(2)25-15-6-4-14(20)5-7-15/h3-9,12H,10H2,1-2H3,(H,21,24)(H,22,23). The molecule has 7 heteroatoms. The van der Waals surface area contributed by atoms with E-state index >= 15 is 0 Å². The molecule has 0 aliphatic carbocycles. The molecule has 2 rings (SSSR count). The average Bonchev–Trinajstić information content (AvgIpc) is 2.57. The Balaban J connectivity index is 1.82. The third kappa shape index (κ3) is 6.38. The minimum atomic E-state index is -0.316. The van der Waals surface area contributed by atoms with Gasteiger partial charge in [-0.3, -0.25) is 9.59 Å². The lowest BCUT2D eigenvalue weighted by atomic mass is 10.2. The number of thioether (sulfide) groups is 1. The van der Waals surface area contributed by atoms with Crippen LogP contribution < -0.4 is 10.6 Å². The Morgan fingerprint density at radius 2 is 1.88 bits per heavy atom. The van der Waals surface area contributed by atoms with E-state index in [1.807, 2.05) is 37.3 Å². The van der Waals surface area contributed by atoms with Gasteiger partial charge < -0.3 is 10.6 Å². The van der Waals surface area contributed by atoms with Crippen LogP contribution in [0.5, 0.6) is 0 Å². The van der Waals surface area contributed by atoms with Gasteiger partial charge in [-0.15, -0.1) is 11.8 Å². The first-order valence-corrected chi connectivity index (χ1v) is 9.66. The van der Waals surface area contributed by atoms with E-state index in [1.54, 1.807) is 19.1 Å². The molecule has 2 N–H and O–H groups in total. The summed E-state index contributed by atoms with van der Waals surface area (Å²) in [7, 11) is 0. The van der Waals surface area contributed by atoms with Crippen LogP contribution in [0.3, 0.4) is 0 Å². The minimum absolute atomic E-state index is 0.0696. The van der Waals surface area contributed by atoms with Gasteiger partial charge in [0.15, 0.2) is 0 Å². The van der Waals surface area contributed by atoms with Crippen LogP contribution in [0.15, 0.2) is 51.8 Å². The summed E-state index contributed by atoms with van der Waals surface area (Å²) in [5.74, 6) is -0.454. The highest BCUT2D eigenvalue weighted by atomic mass is 79.9. The number of aryl methyl sites for hydroxylation is 1. The maximum atomic E-state index is 12.1. The Labute approximate surface area is 164 Å². The quantitative estimate of drug-likeness (QED) is 0.642. The third-order valence-electron chi connectivity index (χ3n) is 3.38. The summed E-state index contributed by atoms with van der Waals surface area (Å²) >= 11 is 10.6. The third-order valence-corrected chi connectivity index (χ3v) is 5.24. The molecular formula is C18H18BrClN2O2S. The molecule has 1 unspecified atom stereocenters. The molecule has 0 aliphatic rings. The first-order chi connectivity index (χ1) is 11.8. The van der Waals surface area contributed by atoms with Crippen LogP contribution in [-0.4, -0.2) is 23.6 Å². The topological polar surface area (TPSA) is 58.2 Å². The van der Waals surface area contributed by atoms with Crippen molar-refractivity contribution in [3.05, 3.63) is 57.5 Å². The monoisotopic (exact) mass is 440 g/mol. The molecule has 0 bridgehead atoms. The maximum Gasteiger partial charge on any atom is 0.243 e. The van der Waals surface area contributed by atoms with Crippen molar-refractivity contribution in [3.8, 4) is 0 Å². The summed E-state index contributed by atoms with van der Waals surface area (Å²) in [4.78, 5) is 25.1. The molecule has 2 aromatic rings. The lowest BCUT2D eigenvalue weighted by Crippen LogP contribution is -2.37. The minimum Gasteiger partial charge on any atom is -0.346 e. The predicted molar refractivity (Wildman–Crippen MR) is 107 cm³/mol. The van der Waals surface area contributed by atoms with Crippen LogP contribution in [0.2, 0.25) is 5.02 Å². The van der Waals surface area contributed by atoms with Crippen molar-refractivity contribution in [2.75, 3.05) is 11.9 Å². The maximum absolute atomic E-state index is 12.1. The van der Waals surface area contributed by atoms with Crippen LogP contribution in [0.4, 0.5) is 5.69 Å². The number of carbonyl (C=O) groups excluding carboxylic acids is 2. The van der Waals surface area contributed by atoms with Gasteiger partial charge in [-0.25, -0.2) is 0 Å². The molecule has 4 nitrogen and oxygen atoms in total. The summed E-state index contributed by atoms with van der Waals surface area (Å²) in [6, 6.07) is 12.9. The molecule has 25 heavy (non-hydrogen) atoms. The normalized spacial score (nSPS) is 11.7. The highest BCUT2D eigenvalue weighted by Gasteiger charge is 2.15. The number of anilines is 1. The van der Waals surface area contributed by atoms with Crippen LogP contribution >= 0.6 is 39.3 Å². The summed E-state index contributed by atoms with van der Waals surface area (Å²) in [6.07, 6.45) is 0. The van der Waals surface area contributed by atoms with Gasteiger partial charge in [-0.2, -0.15) is 0 Å². The van der Waals surface area contributed by atoms with Crippen molar-refractivity contribution in [2.24, 2.45) is 0 Å². The summed E-state index contributed by atoms with van der Waals surface area (Å²) < 4.78 is 0.948. The van der Waals surface area contributed by atoms with Gasteiger partial charge >= 0.3 is 0 Å². The summed E-state index contributed by atoms with van der Waals surface area (Å²) in [6.45, 7) is 3.63. The molecule has 0 spiro atoms. The first kappa shape index (κ1) is 19.8. The zero-order valence-corrected chi connectivity index (χ0v) is 17.0. The first-order valence-electron chi connectivity index (χ1n) is 7.61. The Morgan fingerprint density at radius 1 is 1.20 bits per heavy atom. The Morgan fingerprint density at radius 3 is 2.52 bits per heavy atom. The number of rotatable bonds is 6. The fourth-order valence-electron chi connectivity index (χ4n) is 2.04. The molecule has 0 fully saturated rings. The van der Waals surface area contributed by atoms with E-state index in [1.165, 1.54) is 11.8 Å². The molecule has 0 heterocycles. The van der Waals surface area contributed by atoms with Gasteiger partial charge in [0.25, 0.3) is 0 Å². The van der Waals surface area contributed by atoms with Crippen LogP contribution in [0.25, 0.3) is 0 Å². The molecule has 2 aromatic carbocycles. The number of hydrogen-bond donors (Lipinski definition) is 2. The second kappa shape index (κ2) is 9.27. The lowest BCUT2D eigenvalue weighted by molar-refractivity contribution is -0.123. The van der Waals surface area contributed by atoms with Gasteiger partial charge in [-0.1, -0.05) is 27.5 Å². The summed E-state index contributed by atoms with van der Waals surface area (Å²) in [5.41, 5.74) is 1.67. The van der Waals surface area contributed by atoms with E-state index in [0.717, 1.165) is 20.6 Å². The second-order valence-corrected chi connectivity index (χ2v) is 8.21. The molecule has 1 atom stereocenters. The highest BCUT2D eigenvalue weighted by molar-refractivity contribution is 9.10. The predicted octanol–water partition coefficient (Wildman–Crippen LogP) is 4.65. The Bertz CT molecular complexity index is 768. The zero-order valence-electron chi connectivity index (χ0n) is 13.8. The molecule has 0 saturated carbocycles. The largest absolute Gasteiger partial charge is 0.346 e. The Hall–Kier alpha value is -1.50. The molecular weight excluding hydrogens is 424 g/mol. The van der Waals surface area contributed by atoms with E-state index in [0.29, 0.717) is 5.02 Å². The van der Waals surface area contributed by atoms with Crippen LogP contribution in [0, 0.1) is 6.92 Å². The van der Waals surface area contributed by atoms with E-state index in [2.05, 4.69) is 26.6 Å². The van der Waals surface area contributed by atoms with Crippen molar-refractivity contribution < 1.29 is 9.59 Å². The molecule has 0 aliphatic heterocycles. The Kier molecular flexibility index (Phi) is 7.35. The van der Waals surface area contributed by atoms with Crippen LogP contribution in [0.1, 0.15) is 12.5 Å². The van der Waals surface area contributed by atoms with Gasteiger partial charge in [0.1, 0.15) is 0 Å². The van der Waals surface area contributed by atoms with E-state index < -0.39 is 0 Å². The number of nitrogens with one attached hydrogen (secondary N) is 2. The van der Waals surface area contributed by atoms with Gasteiger partial charge in [0.2, 0.25) is 11.8 Å². The fourth-order valence-corrected chi connectivity index (χ4v) is 3.54. The molecule has 0 saturated heterocycles. The number of benzene rings is 2. The second-order valence-electron chi connectivity index (χ2n) is 5.44. The number of carbonyl (C=O) groups is 2. The van der Waals surface area contributed by atoms with Gasteiger partial charge in [0.05, 0.1) is 11.8 Å². The molecule has 0 aromatic heterocycles. The van der Waals surface area contributed by atoms with Crippen molar-refractivity contribution in [1.82, 2.24) is 5.32 Å². The molecule has 132 valence electrons. The van der Waals surface area contributed by atoms with E-state index in [9.17, 15) is 9.59 Å². The summed E-state index contributed by atoms with van der Waals surface area (Å²) in [5, 5.41) is 5.79. The molecule has 2 amide bonds. The molecule has 0 radical (unpaired) electrons. The van der Waals surface area contributed by atoms with E-state index in [-0.39, 0.29) is 23.6 Å². The van der Waals surface area contributed by atoms with Crippen molar-refractivity contribution >= 4 is 56.8 Å². The number of hydrogen-bond acceptors (Lipinski definition) is 3. The van der Waals surface area contributed by atoms with Crippen molar-refractivity contribution in [3.63, 3.8) is 0 Å². The van der Waals surface area contributed by atoms with Gasteiger partial charge in [0, 0.05) is 20.1 Å². The zero-order chi connectivity index (χ0) is 18.4. The smallest absolute Gasteiger partial charge is 0.243 e. The lowest BCUT2D eigenvalue weighted by Gasteiger charge is -2.13. The number of amides is 2. The SMILES string of the molecule is Cc1cc(Br)ccc1NC(=O)CNC(=O)C(C)Sc1ccc(Cl)cc1. The van der Waals surface area contributed by atoms with Gasteiger partial charge in [-0.05, 0) is 61.9 Å². The van der Waals surface area contributed by atoms with Crippen LogP contribution in [-0.2, 0) is 9.59 Å². The average molecular weight is 442 g/mol.